The third-order valence-electron chi connectivity index (χ3n) is 4.26. The lowest BCUT2D eigenvalue weighted by Crippen LogP contribution is -2.34. The van der Waals surface area contributed by atoms with Crippen LogP contribution in [-0.2, 0) is 4.79 Å². The van der Waals surface area contributed by atoms with Crippen molar-refractivity contribution in [2.45, 2.75) is 32.1 Å². The minimum Gasteiger partial charge on any atom is -0.345 e. The predicted octanol–water partition coefficient (Wildman–Crippen LogP) is 1.23. The van der Waals surface area contributed by atoms with E-state index >= 15 is 0 Å². The van der Waals surface area contributed by atoms with E-state index < -0.39 is 0 Å². The maximum absolute atomic E-state index is 11.9. The standard InChI is InChI=1S/C12H22N2O/c1-14-7-6-10(12(14)15)11(8-13)9-4-2-3-5-9/h9-11H,2-8,13H2,1H3. The first kappa shape index (κ1) is 10.9. The first-order valence-corrected chi connectivity index (χ1v) is 6.19. The third-order valence-corrected chi connectivity index (χ3v) is 4.26. The third kappa shape index (κ3) is 2.03. The van der Waals surface area contributed by atoms with Crippen LogP contribution in [0.5, 0.6) is 0 Å². The number of hydrogen-bond donors (Lipinski definition) is 1. The molecule has 1 heterocycles. The van der Waals surface area contributed by atoms with Gasteiger partial charge in [-0.05, 0) is 24.8 Å². The molecule has 2 atom stereocenters. The van der Waals surface area contributed by atoms with Crippen LogP contribution in [0.1, 0.15) is 32.1 Å². The van der Waals surface area contributed by atoms with Crippen molar-refractivity contribution in [3.63, 3.8) is 0 Å². The van der Waals surface area contributed by atoms with Gasteiger partial charge < -0.3 is 10.6 Å². The molecule has 2 unspecified atom stereocenters. The summed E-state index contributed by atoms with van der Waals surface area (Å²) in [7, 11) is 1.91. The van der Waals surface area contributed by atoms with Gasteiger partial charge in [0, 0.05) is 19.5 Å². The lowest BCUT2D eigenvalue weighted by atomic mass is 9.79. The lowest BCUT2D eigenvalue weighted by Gasteiger charge is -2.26. The number of nitrogens with two attached hydrogens (primary N) is 1. The molecule has 86 valence electrons. The van der Waals surface area contributed by atoms with Crippen molar-refractivity contribution >= 4 is 5.91 Å². The molecule has 15 heavy (non-hydrogen) atoms. The highest BCUT2D eigenvalue weighted by Crippen LogP contribution is 2.38. The second-order valence-electron chi connectivity index (χ2n) is 5.10. The van der Waals surface area contributed by atoms with Crippen LogP contribution in [0, 0.1) is 17.8 Å². The van der Waals surface area contributed by atoms with Crippen molar-refractivity contribution in [2.75, 3.05) is 20.1 Å². The molecule has 0 spiro atoms. The Morgan fingerprint density at radius 3 is 2.53 bits per heavy atom. The number of nitrogens with zero attached hydrogens (tertiary/aromatic N) is 1. The number of amides is 1. The van der Waals surface area contributed by atoms with Gasteiger partial charge in [-0.15, -0.1) is 0 Å². The summed E-state index contributed by atoms with van der Waals surface area (Å²) < 4.78 is 0. The molecule has 0 bridgehead atoms. The van der Waals surface area contributed by atoms with Crippen LogP contribution >= 0.6 is 0 Å². The van der Waals surface area contributed by atoms with E-state index in [1.54, 1.807) is 0 Å². The van der Waals surface area contributed by atoms with E-state index in [-0.39, 0.29) is 5.92 Å². The van der Waals surface area contributed by atoms with Gasteiger partial charge in [0.1, 0.15) is 0 Å². The monoisotopic (exact) mass is 210 g/mol. The molecule has 3 nitrogen and oxygen atoms in total. The average Bonchev–Trinajstić information content (AvgIpc) is 2.84. The van der Waals surface area contributed by atoms with E-state index in [1.165, 1.54) is 25.7 Å². The van der Waals surface area contributed by atoms with Crippen LogP contribution in [0.3, 0.4) is 0 Å². The molecule has 2 N–H and O–H groups in total. The first-order chi connectivity index (χ1) is 7.24. The van der Waals surface area contributed by atoms with Gasteiger partial charge in [0.15, 0.2) is 0 Å². The smallest absolute Gasteiger partial charge is 0.225 e. The van der Waals surface area contributed by atoms with Crippen LogP contribution in [0.25, 0.3) is 0 Å². The van der Waals surface area contributed by atoms with E-state index in [1.807, 2.05) is 11.9 Å². The Bertz CT molecular complexity index is 236. The SMILES string of the molecule is CN1CCC(C(CN)C2CCCC2)C1=O. The van der Waals surface area contributed by atoms with Crippen molar-refractivity contribution in [3.8, 4) is 0 Å². The second-order valence-corrected chi connectivity index (χ2v) is 5.10. The quantitative estimate of drug-likeness (QED) is 0.761. The zero-order chi connectivity index (χ0) is 10.8. The van der Waals surface area contributed by atoms with Gasteiger partial charge in [0.05, 0.1) is 0 Å². The number of hydrogen-bond acceptors (Lipinski definition) is 2. The molecule has 1 saturated carbocycles. The predicted molar refractivity (Wildman–Crippen MR) is 60.2 cm³/mol. The molecule has 2 fully saturated rings. The van der Waals surface area contributed by atoms with Gasteiger partial charge in [0.2, 0.25) is 5.91 Å². The topological polar surface area (TPSA) is 46.3 Å². The largest absolute Gasteiger partial charge is 0.345 e. The highest BCUT2D eigenvalue weighted by Gasteiger charge is 2.39. The summed E-state index contributed by atoms with van der Waals surface area (Å²) in [4.78, 5) is 13.8. The summed E-state index contributed by atoms with van der Waals surface area (Å²) in [6, 6.07) is 0. The van der Waals surface area contributed by atoms with Crippen LogP contribution in [0.2, 0.25) is 0 Å². The van der Waals surface area contributed by atoms with Crippen molar-refractivity contribution in [1.82, 2.24) is 4.90 Å². The van der Waals surface area contributed by atoms with E-state index in [2.05, 4.69) is 0 Å². The molecule has 1 saturated heterocycles. The van der Waals surface area contributed by atoms with Crippen LogP contribution in [-0.4, -0.2) is 30.9 Å². The van der Waals surface area contributed by atoms with Gasteiger partial charge >= 0.3 is 0 Å². The summed E-state index contributed by atoms with van der Waals surface area (Å²) in [5.74, 6) is 1.72. The Labute approximate surface area is 92.0 Å². The Morgan fingerprint density at radius 2 is 2.07 bits per heavy atom. The number of likely N-dealkylation sites (tertiary alicyclic amines) is 1. The Kier molecular flexibility index (Phi) is 3.29. The summed E-state index contributed by atoms with van der Waals surface area (Å²) >= 11 is 0. The lowest BCUT2D eigenvalue weighted by molar-refractivity contribution is -0.131. The Balaban J connectivity index is 2.02. The molecular weight excluding hydrogens is 188 g/mol. The fraction of sp³-hybridized carbons (Fsp3) is 0.917. The molecule has 2 rings (SSSR count). The average molecular weight is 210 g/mol. The van der Waals surface area contributed by atoms with Crippen LogP contribution in [0.15, 0.2) is 0 Å². The number of carbonyl (C=O) groups is 1. The Morgan fingerprint density at radius 1 is 1.40 bits per heavy atom. The van der Waals surface area contributed by atoms with E-state index in [4.69, 9.17) is 5.73 Å². The molecular formula is C12H22N2O. The molecule has 1 amide bonds. The summed E-state index contributed by atoms with van der Waals surface area (Å²) in [6.07, 6.45) is 6.26. The van der Waals surface area contributed by atoms with Gasteiger partial charge in [-0.1, -0.05) is 25.7 Å². The molecule has 1 aliphatic carbocycles. The minimum absolute atomic E-state index is 0.225. The molecule has 0 aromatic carbocycles. The summed E-state index contributed by atoms with van der Waals surface area (Å²) in [5.41, 5.74) is 5.87. The maximum atomic E-state index is 11.9. The van der Waals surface area contributed by atoms with Crippen LogP contribution in [0.4, 0.5) is 0 Å². The van der Waals surface area contributed by atoms with E-state index in [0.29, 0.717) is 18.4 Å². The van der Waals surface area contributed by atoms with Crippen molar-refractivity contribution in [1.29, 1.82) is 0 Å². The summed E-state index contributed by atoms with van der Waals surface area (Å²) in [5, 5.41) is 0. The highest BCUT2D eigenvalue weighted by molar-refractivity contribution is 5.80. The molecule has 0 aromatic rings. The molecule has 2 aliphatic rings. The second kappa shape index (κ2) is 4.52. The molecule has 1 aliphatic heterocycles. The van der Waals surface area contributed by atoms with Gasteiger partial charge in [-0.25, -0.2) is 0 Å². The number of rotatable bonds is 3. The molecule has 3 heteroatoms. The van der Waals surface area contributed by atoms with Gasteiger partial charge in [-0.3, -0.25) is 4.79 Å². The maximum Gasteiger partial charge on any atom is 0.225 e. The zero-order valence-corrected chi connectivity index (χ0v) is 9.61. The fourth-order valence-electron chi connectivity index (χ4n) is 3.32. The van der Waals surface area contributed by atoms with E-state index in [0.717, 1.165) is 18.9 Å². The minimum atomic E-state index is 0.225. The Hall–Kier alpha value is -0.570. The normalized spacial score (nSPS) is 30.1. The van der Waals surface area contributed by atoms with Crippen molar-refractivity contribution in [3.05, 3.63) is 0 Å². The van der Waals surface area contributed by atoms with Gasteiger partial charge in [-0.2, -0.15) is 0 Å². The van der Waals surface area contributed by atoms with E-state index in [9.17, 15) is 4.79 Å². The fourth-order valence-corrected chi connectivity index (χ4v) is 3.32. The summed E-state index contributed by atoms with van der Waals surface area (Å²) in [6.45, 7) is 1.61. The zero-order valence-electron chi connectivity index (χ0n) is 9.61. The first-order valence-electron chi connectivity index (χ1n) is 6.19. The molecule has 0 aromatic heterocycles. The molecule has 0 radical (unpaired) electrons. The van der Waals surface area contributed by atoms with Crippen LogP contribution < -0.4 is 5.73 Å². The highest BCUT2D eigenvalue weighted by atomic mass is 16.2. The van der Waals surface area contributed by atoms with Crippen molar-refractivity contribution in [2.24, 2.45) is 23.5 Å². The number of carbonyl (C=O) groups excluding carboxylic acids is 1. The van der Waals surface area contributed by atoms with Crippen molar-refractivity contribution < 1.29 is 4.79 Å². The van der Waals surface area contributed by atoms with Gasteiger partial charge in [0.25, 0.3) is 0 Å².